The van der Waals surface area contributed by atoms with Crippen LogP contribution in [0.4, 0.5) is 10.5 Å². The molecule has 106 valence electrons. The lowest BCUT2D eigenvalue weighted by atomic mass is 9.89. The van der Waals surface area contributed by atoms with Crippen molar-refractivity contribution in [3.63, 3.8) is 0 Å². The summed E-state index contributed by atoms with van der Waals surface area (Å²) >= 11 is 2.00. The van der Waals surface area contributed by atoms with Gasteiger partial charge in [-0.15, -0.1) is 0 Å². The van der Waals surface area contributed by atoms with Crippen LogP contribution in [0.15, 0.2) is 18.2 Å². The van der Waals surface area contributed by atoms with E-state index in [4.69, 9.17) is 0 Å². The Balaban J connectivity index is 1.77. The maximum absolute atomic E-state index is 11.2. The van der Waals surface area contributed by atoms with Crippen molar-refractivity contribution in [2.24, 2.45) is 0 Å². The SMILES string of the molecule is O=C(O)N1CC[C@H]2C(C1)c1cccc3c1N2CCSC3. The number of fused-ring (bicyclic) bond motifs is 3. The minimum Gasteiger partial charge on any atom is -0.465 e. The van der Waals surface area contributed by atoms with Crippen molar-refractivity contribution in [2.45, 2.75) is 24.1 Å². The average Bonchev–Trinajstić information content (AvgIpc) is 2.63. The van der Waals surface area contributed by atoms with Crippen LogP contribution in [0.25, 0.3) is 0 Å². The van der Waals surface area contributed by atoms with Gasteiger partial charge in [0.15, 0.2) is 0 Å². The predicted molar refractivity (Wildman–Crippen MR) is 80.7 cm³/mol. The lowest BCUT2D eigenvalue weighted by Crippen LogP contribution is -2.48. The summed E-state index contributed by atoms with van der Waals surface area (Å²) < 4.78 is 0. The fourth-order valence-corrected chi connectivity index (χ4v) is 4.88. The molecule has 0 aromatic heterocycles. The fourth-order valence-electron chi connectivity index (χ4n) is 3.96. The minimum atomic E-state index is -0.776. The zero-order valence-corrected chi connectivity index (χ0v) is 12.1. The summed E-state index contributed by atoms with van der Waals surface area (Å²) in [4.78, 5) is 15.4. The second-order valence-corrected chi connectivity index (χ2v) is 6.90. The summed E-state index contributed by atoms with van der Waals surface area (Å²) in [7, 11) is 0. The van der Waals surface area contributed by atoms with Gasteiger partial charge >= 0.3 is 6.09 Å². The van der Waals surface area contributed by atoms with Crippen LogP contribution < -0.4 is 4.90 Å². The molecule has 1 amide bonds. The van der Waals surface area contributed by atoms with E-state index < -0.39 is 6.09 Å². The number of anilines is 1. The number of piperidine rings is 1. The van der Waals surface area contributed by atoms with Crippen molar-refractivity contribution in [3.8, 4) is 0 Å². The molecule has 3 aliphatic heterocycles. The Morgan fingerprint density at radius 1 is 1.35 bits per heavy atom. The number of thioether (sulfide) groups is 1. The summed E-state index contributed by atoms with van der Waals surface area (Å²) in [5, 5.41) is 9.25. The standard InChI is InChI=1S/C15H18N2O2S/c18-15(19)16-5-4-13-12(8-16)11-3-1-2-10-9-20-7-6-17(13)14(10)11/h1-3,12-13H,4-9H2,(H,18,19)/t12?,13-/m0/s1. The van der Waals surface area contributed by atoms with E-state index in [1.54, 1.807) is 4.90 Å². The molecule has 5 heteroatoms. The van der Waals surface area contributed by atoms with Gasteiger partial charge in [-0.25, -0.2) is 4.79 Å². The van der Waals surface area contributed by atoms with Crippen molar-refractivity contribution in [1.82, 2.24) is 4.90 Å². The van der Waals surface area contributed by atoms with Crippen molar-refractivity contribution in [1.29, 1.82) is 0 Å². The molecule has 0 spiro atoms. The molecule has 20 heavy (non-hydrogen) atoms. The Morgan fingerprint density at radius 3 is 3.10 bits per heavy atom. The quantitative estimate of drug-likeness (QED) is 0.797. The van der Waals surface area contributed by atoms with E-state index in [0.29, 0.717) is 25.0 Å². The first-order valence-electron chi connectivity index (χ1n) is 7.20. The number of para-hydroxylation sites is 1. The number of nitrogens with zero attached hydrogens (tertiary/aromatic N) is 2. The van der Waals surface area contributed by atoms with Gasteiger partial charge in [0, 0.05) is 48.8 Å². The molecule has 1 saturated heterocycles. The lowest BCUT2D eigenvalue weighted by Gasteiger charge is -2.37. The maximum atomic E-state index is 11.2. The van der Waals surface area contributed by atoms with Crippen LogP contribution >= 0.6 is 11.8 Å². The van der Waals surface area contributed by atoms with Crippen LogP contribution in [-0.4, -0.2) is 47.5 Å². The van der Waals surface area contributed by atoms with Crippen LogP contribution in [0.3, 0.4) is 0 Å². The summed E-state index contributed by atoms with van der Waals surface area (Å²) in [6.45, 7) is 2.42. The molecule has 3 aliphatic rings. The normalized spacial score (nSPS) is 27.8. The molecule has 0 radical (unpaired) electrons. The van der Waals surface area contributed by atoms with Crippen LogP contribution in [0.5, 0.6) is 0 Å². The van der Waals surface area contributed by atoms with Crippen molar-refractivity contribution in [2.75, 3.05) is 30.3 Å². The number of carboxylic acid groups (broad SMARTS) is 1. The van der Waals surface area contributed by atoms with E-state index in [-0.39, 0.29) is 0 Å². The van der Waals surface area contributed by atoms with Gasteiger partial charge in [-0.3, -0.25) is 0 Å². The van der Waals surface area contributed by atoms with Crippen molar-refractivity contribution in [3.05, 3.63) is 29.3 Å². The molecular weight excluding hydrogens is 272 g/mol. The minimum absolute atomic E-state index is 0.359. The Bertz CT molecular complexity index is 563. The molecule has 2 atom stereocenters. The number of amides is 1. The number of likely N-dealkylation sites (tertiary alicyclic amines) is 1. The molecule has 0 bridgehead atoms. The van der Waals surface area contributed by atoms with Gasteiger partial charge in [0.1, 0.15) is 0 Å². The Labute approximate surface area is 122 Å². The average molecular weight is 290 g/mol. The van der Waals surface area contributed by atoms with Gasteiger partial charge in [-0.1, -0.05) is 18.2 Å². The smallest absolute Gasteiger partial charge is 0.407 e. The van der Waals surface area contributed by atoms with Gasteiger partial charge < -0.3 is 14.9 Å². The summed E-state index contributed by atoms with van der Waals surface area (Å²) in [5.74, 6) is 2.61. The summed E-state index contributed by atoms with van der Waals surface area (Å²) in [5.41, 5.74) is 4.22. The van der Waals surface area contributed by atoms with Crippen LogP contribution in [0.2, 0.25) is 0 Å². The van der Waals surface area contributed by atoms with E-state index in [1.165, 1.54) is 22.6 Å². The summed E-state index contributed by atoms with van der Waals surface area (Å²) in [6, 6.07) is 7.08. The molecule has 1 aromatic carbocycles. The van der Waals surface area contributed by atoms with Crippen LogP contribution in [-0.2, 0) is 5.75 Å². The molecule has 4 rings (SSSR count). The third kappa shape index (κ3) is 1.72. The fraction of sp³-hybridized carbons (Fsp3) is 0.533. The Kier molecular flexibility index (Phi) is 2.84. The highest BCUT2D eigenvalue weighted by molar-refractivity contribution is 7.98. The molecule has 0 saturated carbocycles. The highest BCUT2D eigenvalue weighted by Crippen LogP contribution is 2.48. The molecule has 0 aliphatic carbocycles. The van der Waals surface area contributed by atoms with Crippen molar-refractivity contribution < 1.29 is 9.90 Å². The van der Waals surface area contributed by atoms with E-state index in [1.807, 2.05) is 11.8 Å². The predicted octanol–water partition coefficient (Wildman–Crippen LogP) is 2.59. The van der Waals surface area contributed by atoms with Crippen LogP contribution in [0, 0.1) is 0 Å². The number of benzene rings is 1. The van der Waals surface area contributed by atoms with E-state index in [0.717, 1.165) is 18.7 Å². The topological polar surface area (TPSA) is 43.8 Å². The molecule has 4 nitrogen and oxygen atoms in total. The van der Waals surface area contributed by atoms with Gasteiger partial charge in [0.25, 0.3) is 0 Å². The van der Waals surface area contributed by atoms with Gasteiger partial charge in [0.05, 0.1) is 0 Å². The number of carbonyl (C=O) groups is 1. The molecule has 1 fully saturated rings. The number of rotatable bonds is 0. The van der Waals surface area contributed by atoms with E-state index >= 15 is 0 Å². The second-order valence-electron chi connectivity index (χ2n) is 5.79. The monoisotopic (exact) mass is 290 g/mol. The van der Waals surface area contributed by atoms with Crippen molar-refractivity contribution >= 4 is 23.5 Å². The molecule has 1 N–H and O–H groups in total. The molecule has 1 aromatic rings. The highest BCUT2D eigenvalue weighted by Gasteiger charge is 2.43. The van der Waals surface area contributed by atoms with E-state index in [9.17, 15) is 9.90 Å². The third-order valence-electron chi connectivity index (χ3n) is 4.82. The first-order chi connectivity index (χ1) is 9.75. The third-order valence-corrected chi connectivity index (χ3v) is 5.81. The van der Waals surface area contributed by atoms with Gasteiger partial charge in [0.2, 0.25) is 0 Å². The second kappa shape index (κ2) is 4.58. The van der Waals surface area contributed by atoms with Crippen LogP contribution in [0.1, 0.15) is 23.5 Å². The highest BCUT2D eigenvalue weighted by atomic mass is 32.2. The molecule has 1 unspecified atom stereocenters. The largest absolute Gasteiger partial charge is 0.465 e. The first kappa shape index (κ1) is 12.4. The van der Waals surface area contributed by atoms with Gasteiger partial charge in [-0.2, -0.15) is 11.8 Å². The van der Waals surface area contributed by atoms with Gasteiger partial charge in [-0.05, 0) is 17.5 Å². The Hall–Kier alpha value is -1.36. The maximum Gasteiger partial charge on any atom is 0.407 e. The molecular formula is C15H18N2O2S. The first-order valence-corrected chi connectivity index (χ1v) is 8.35. The number of hydrogen-bond acceptors (Lipinski definition) is 3. The summed E-state index contributed by atoms with van der Waals surface area (Å²) in [6.07, 6.45) is 0.178. The zero-order chi connectivity index (χ0) is 13.7. The number of hydrogen-bond donors (Lipinski definition) is 1. The lowest BCUT2D eigenvalue weighted by molar-refractivity contribution is 0.127. The Morgan fingerprint density at radius 2 is 2.25 bits per heavy atom. The zero-order valence-electron chi connectivity index (χ0n) is 11.3. The van der Waals surface area contributed by atoms with E-state index in [2.05, 4.69) is 23.1 Å². The molecule has 3 heterocycles.